The van der Waals surface area contributed by atoms with Gasteiger partial charge in [-0.25, -0.2) is 15.0 Å². The molecule has 0 aliphatic rings. The van der Waals surface area contributed by atoms with Gasteiger partial charge in [0.25, 0.3) is 0 Å². The van der Waals surface area contributed by atoms with Crippen molar-refractivity contribution in [2.24, 2.45) is 0 Å². The standard InChI is InChI=1S/C20H15N3O/c1-13-9-10-18(22-19(13)14-6-4-7-16(24)11-14)20-21-12-15-5-2-3-8-17(15)23-20/h2-12,24H,1H3. The van der Waals surface area contributed by atoms with Crippen LogP contribution in [0, 0.1) is 6.92 Å². The first-order valence-electron chi connectivity index (χ1n) is 7.70. The molecule has 0 saturated heterocycles. The molecule has 2 aromatic heterocycles. The lowest BCUT2D eigenvalue weighted by atomic mass is 10.1. The molecule has 4 rings (SSSR count). The number of pyridine rings is 1. The number of phenols is 1. The lowest BCUT2D eigenvalue weighted by Gasteiger charge is -2.08. The summed E-state index contributed by atoms with van der Waals surface area (Å²) in [6, 6.07) is 18.9. The van der Waals surface area contributed by atoms with Gasteiger partial charge in [0, 0.05) is 17.1 Å². The molecule has 4 aromatic rings. The maximum Gasteiger partial charge on any atom is 0.178 e. The van der Waals surface area contributed by atoms with Crippen LogP contribution in [-0.2, 0) is 0 Å². The van der Waals surface area contributed by atoms with Gasteiger partial charge < -0.3 is 5.11 Å². The zero-order valence-electron chi connectivity index (χ0n) is 13.1. The van der Waals surface area contributed by atoms with Gasteiger partial charge in [-0.3, -0.25) is 0 Å². The largest absolute Gasteiger partial charge is 0.508 e. The Hall–Kier alpha value is -3.27. The number of aromatic hydroxyl groups is 1. The predicted octanol–water partition coefficient (Wildman–Crippen LogP) is 4.37. The number of aryl methyl sites for hydroxylation is 1. The highest BCUT2D eigenvalue weighted by molar-refractivity contribution is 5.79. The Labute approximate surface area is 139 Å². The van der Waals surface area contributed by atoms with Crippen molar-refractivity contribution in [2.75, 3.05) is 0 Å². The molecule has 4 heteroatoms. The first-order valence-corrected chi connectivity index (χ1v) is 7.70. The molecule has 2 heterocycles. The van der Waals surface area contributed by atoms with Gasteiger partial charge in [-0.2, -0.15) is 0 Å². The highest BCUT2D eigenvalue weighted by atomic mass is 16.3. The van der Waals surface area contributed by atoms with Crippen molar-refractivity contribution in [3.8, 4) is 28.5 Å². The molecule has 0 bridgehead atoms. The molecule has 0 saturated carbocycles. The van der Waals surface area contributed by atoms with Crippen LogP contribution in [0.15, 0.2) is 66.9 Å². The smallest absolute Gasteiger partial charge is 0.178 e. The Morgan fingerprint density at radius 1 is 0.875 bits per heavy atom. The topological polar surface area (TPSA) is 58.9 Å². The fourth-order valence-electron chi connectivity index (χ4n) is 2.69. The van der Waals surface area contributed by atoms with Gasteiger partial charge in [0.05, 0.1) is 11.2 Å². The minimum Gasteiger partial charge on any atom is -0.508 e. The van der Waals surface area contributed by atoms with Gasteiger partial charge in [0.2, 0.25) is 0 Å². The summed E-state index contributed by atoms with van der Waals surface area (Å²) in [4.78, 5) is 13.8. The van der Waals surface area contributed by atoms with Gasteiger partial charge >= 0.3 is 0 Å². The normalized spacial score (nSPS) is 10.9. The quantitative estimate of drug-likeness (QED) is 0.597. The number of para-hydroxylation sites is 1. The molecule has 0 atom stereocenters. The number of rotatable bonds is 2. The van der Waals surface area contributed by atoms with Crippen molar-refractivity contribution in [1.29, 1.82) is 0 Å². The SMILES string of the molecule is Cc1ccc(-c2ncc3ccccc3n2)nc1-c1cccc(O)c1. The van der Waals surface area contributed by atoms with Gasteiger partial charge in [0.15, 0.2) is 5.82 Å². The molecule has 0 fully saturated rings. The van der Waals surface area contributed by atoms with Crippen LogP contribution in [0.5, 0.6) is 5.75 Å². The van der Waals surface area contributed by atoms with Crippen molar-refractivity contribution in [3.05, 3.63) is 72.4 Å². The summed E-state index contributed by atoms with van der Waals surface area (Å²) in [7, 11) is 0. The van der Waals surface area contributed by atoms with Gasteiger partial charge in [-0.1, -0.05) is 36.4 Å². The first-order chi connectivity index (χ1) is 11.7. The van der Waals surface area contributed by atoms with E-state index in [-0.39, 0.29) is 5.75 Å². The summed E-state index contributed by atoms with van der Waals surface area (Å²) >= 11 is 0. The highest BCUT2D eigenvalue weighted by Gasteiger charge is 2.10. The lowest BCUT2D eigenvalue weighted by Crippen LogP contribution is -1.96. The highest BCUT2D eigenvalue weighted by Crippen LogP contribution is 2.27. The van der Waals surface area contributed by atoms with Crippen LogP contribution in [0.3, 0.4) is 0 Å². The zero-order valence-corrected chi connectivity index (χ0v) is 13.1. The average molecular weight is 313 g/mol. The Bertz CT molecular complexity index is 1040. The Morgan fingerprint density at radius 3 is 2.62 bits per heavy atom. The van der Waals surface area contributed by atoms with Crippen LogP contribution in [0.25, 0.3) is 33.7 Å². The molecule has 2 aromatic carbocycles. The van der Waals surface area contributed by atoms with Gasteiger partial charge in [-0.05, 0) is 36.8 Å². The molecule has 24 heavy (non-hydrogen) atoms. The number of hydrogen-bond donors (Lipinski definition) is 1. The Balaban J connectivity index is 1.85. The lowest BCUT2D eigenvalue weighted by molar-refractivity contribution is 0.475. The minimum atomic E-state index is 0.223. The maximum absolute atomic E-state index is 9.72. The minimum absolute atomic E-state index is 0.223. The summed E-state index contributed by atoms with van der Waals surface area (Å²) in [6.07, 6.45) is 1.81. The number of aromatic nitrogens is 3. The second kappa shape index (κ2) is 5.74. The molecule has 0 amide bonds. The van der Waals surface area contributed by atoms with E-state index in [0.29, 0.717) is 11.5 Å². The fourth-order valence-corrected chi connectivity index (χ4v) is 2.69. The number of hydrogen-bond acceptors (Lipinski definition) is 4. The van der Waals surface area contributed by atoms with E-state index in [1.54, 1.807) is 12.1 Å². The molecule has 0 radical (unpaired) electrons. The molecule has 1 N–H and O–H groups in total. The fraction of sp³-hybridized carbons (Fsp3) is 0.0500. The number of fused-ring (bicyclic) bond motifs is 1. The van der Waals surface area contributed by atoms with Crippen LogP contribution in [0.1, 0.15) is 5.56 Å². The molecule has 0 aliphatic carbocycles. The van der Waals surface area contributed by atoms with Crippen LogP contribution >= 0.6 is 0 Å². The molecular formula is C20H15N3O. The number of phenolic OH excluding ortho intramolecular Hbond substituents is 1. The number of nitrogens with zero attached hydrogens (tertiary/aromatic N) is 3. The summed E-state index contributed by atoms with van der Waals surface area (Å²) in [5.41, 5.74) is 4.33. The zero-order chi connectivity index (χ0) is 16.5. The third kappa shape index (κ3) is 2.58. The Kier molecular flexibility index (Phi) is 3.43. The molecule has 4 nitrogen and oxygen atoms in total. The van der Waals surface area contributed by atoms with E-state index in [2.05, 4.69) is 9.97 Å². The van der Waals surface area contributed by atoms with E-state index >= 15 is 0 Å². The van der Waals surface area contributed by atoms with Gasteiger partial charge in [-0.15, -0.1) is 0 Å². The van der Waals surface area contributed by atoms with Crippen molar-refractivity contribution >= 4 is 10.9 Å². The monoisotopic (exact) mass is 313 g/mol. The van der Waals surface area contributed by atoms with E-state index in [9.17, 15) is 5.11 Å². The molecule has 0 unspecified atom stereocenters. The second-order valence-corrected chi connectivity index (χ2v) is 5.66. The predicted molar refractivity (Wildman–Crippen MR) is 94.6 cm³/mol. The maximum atomic E-state index is 9.72. The average Bonchev–Trinajstić information content (AvgIpc) is 2.62. The van der Waals surface area contributed by atoms with Crippen LogP contribution in [0.4, 0.5) is 0 Å². The van der Waals surface area contributed by atoms with E-state index in [4.69, 9.17) is 4.98 Å². The van der Waals surface area contributed by atoms with Crippen molar-refractivity contribution < 1.29 is 5.11 Å². The summed E-state index contributed by atoms with van der Waals surface area (Å²) in [5.74, 6) is 0.816. The number of benzene rings is 2. The van der Waals surface area contributed by atoms with E-state index in [1.807, 2.05) is 61.7 Å². The third-order valence-corrected chi connectivity index (χ3v) is 3.93. The van der Waals surface area contributed by atoms with Gasteiger partial charge in [0.1, 0.15) is 11.4 Å². The molecule has 0 spiro atoms. The van der Waals surface area contributed by atoms with Crippen molar-refractivity contribution in [1.82, 2.24) is 15.0 Å². The van der Waals surface area contributed by atoms with Crippen molar-refractivity contribution in [3.63, 3.8) is 0 Å². The Morgan fingerprint density at radius 2 is 1.75 bits per heavy atom. The van der Waals surface area contributed by atoms with E-state index < -0.39 is 0 Å². The van der Waals surface area contributed by atoms with E-state index in [0.717, 1.165) is 27.7 Å². The summed E-state index contributed by atoms with van der Waals surface area (Å²) in [5, 5.41) is 10.7. The second-order valence-electron chi connectivity index (χ2n) is 5.66. The van der Waals surface area contributed by atoms with E-state index in [1.165, 1.54) is 0 Å². The summed E-state index contributed by atoms with van der Waals surface area (Å²) in [6.45, 7) is 2.00. The summed E-state index contributed by atoms with van der Waals surface area (Å²) < 4.78 is 0. The molecule has 116 valence electrons. The van der Waals surface area contributed by atoms with Crippen LogP contribution < -0.4 is 0 Å². The van der Waals surface area contributed by atoms with Crippen molar-refractivity contribution in [2.45, 2.75) is 6.92 Å². The first kappa shape index (κ1) is 14.3. The molecular weight excluding hydrogens is 298 g/mol. The molecule has 0 aliphatic heterocycles. The van der Waals surface area contributed by atoms with Crippen LogP contribution in [0.2, 0.25) is 0 Å². The van der Waals surface area contributed by atoms with Crippen LogP contribution in [-0.4, -0.2) is 20.1 Å². The third-order valence-electron chi connectivity index (χ3n) is 3.93.